The van der Waals surface area contributed by atoms with Crippen molar-refractivity contribution in [3.05, 3.63) is 53.6 Å². The lowest BCUT2D eigenvalue weighted by Gasteiger charge is -2.39. The SMILES string of the molecule is CC(=O)CCCCCNC(=O)c1ccc2c(c1)C(Nc1ccc(N3CCOCC3)cc1)CC(C)N2C(C)=O. The average Bonchev–Trinajstić information content (AvgIpc) is 2.91. The zero-order chi connectivity index (χ0) is 27.1. The molecule has 0 aliphatic carbocycles. The fourth-order valence-corrected chi connectivity index (χ4v) is 5.39. The van der Waals surface area contributed by atoms with Crippen molar-refractivity contribution in [1.29, 1.82) is 0 Å². The molecule has 2 aromatic rings. The van der Waals surface area contributed by atoms with Crippen LogP contribution in [0.15, 0.2) is 42.5 Å². The molecule has 2 heterocycles. The van der Waals surface area contributed by atoms with Crippen LogP contribution >= 0.6 is 0 Å². The number of benzene rings is 2. The van der Waals surface area contributed by atoms with E-state index < -0.39 is 0 Å². The number of rotatable bonds is 10. The Hall–Kier alpha value is -3.39. The van der Waals surface area contributed by atoms with E-state index in [-0.39, 0.29) is 29.7 Å². The van der Waals surface area contributed by atoms with Gasteiger partial charge in [0.2, 0.25) is 5.91 Å². The minimum atomic E-state index is -0.124. The molecule has 2 aliphatic heterocycles. The highest BCUT2D eigenvalue weighted by atomic mass is 16.5. The van der Waals surface area contributed by atoms with E-state index >= 15 is 0 Å². The average molecular weight is 521 g/mol. The molecule has 0 spiro atoms. The van der Waals surface area contributed by atoms with Crippen molar-refractivity contribution < 1.29 is 19.1 Å². The van der Waals surface area contributed by atoms with E-state index in [1.807, 2.05) is 17.0 Å². The number of fused-ring (bicyclic) bond motifs is 1. The molecule has 38 heavy (non-hydrogen) atoms. The first-order chi connectivity index (χ1) is 18.3. The number of amides is 2. The van der Waals surface area contributed by atoms with Crippen molar-refractivity contribution in [3.63, 3.8) is 0 Å². The molecule has 8 heteroatoms. The Morgan fingerprint density at radius 2 is 1.71 bits per heavy atom. The smallest absolute Gasteiger partial charge is 0.251 e. The fourth-order valence-electron chi connectivity index (χ4n) is 5.39. The summed E-state index contributed by atoms with van der Waals surface area (Å²) in [5, 5.41) is 6.66. The topological polar surface area (TPSA) is 91.0 Å². The Kier molecular flexibility index (Phi) is 9.39. The van der Waals surface area contributed by atoms with Crippen LogP contribution in [0.25, 0.3) is 0 Å². The zero-order valence-electron chi connectivity index (χ0n) is 22.8. The van der Waals surface area contributed by atoms with E-state index in [2.05, 4.69) is 46.7 Å². The lowest BCUT2D eigenvalue weighted by Crippen LogP contribution is -2.43. The summed E-state index contributed by atoms with van der Waals surface area (Å²) < 4.78 is 5.46. The maximum atomic E-state index is 12.9. The third-order valence-corrected chi connectivity index (χ3v) is 7.36. The molecule has 0 saturated carbocycles. The van der Waals surface area contributed by atoms with Gasteiger partial charge in [0.05, 0.1) is 19.3 Å². The predicted molar refractivity (Wildman–Crippen MR) is 151 cm³/mol. The molecular weight excluding hydrogens is 480 g/mol. The summed E-state index contributed by atoms with van der Waals surface area (Å²) in [7, 11) is 0. The van der Waals surface area contributed by atoms with Crippen LogP contribution in [-0.2, 0) is 14.3 Å². The molecular formula is C30H40N4O4. The van der Waals surface area contributed by atoms with Gasteiger partial charge in [-0.05, 0) is 81.1 Å². The summed E-state index contributed by atoms with van der Waals surface area (Å²) in [6.45, 7) is 9.11. The van der Waals surface area contributed by atoms with Gasteiger partial charge in [-0.2, -0.15) is 0 Å². The number of nitrogens with zero attached hydrogens (tertiary/aromatic N) is 2. The predicted octanol–water partition coefficient (Wildman–Crippen LogP) is 4.70. The molecule has 8 nitrogen and oxygen atoms in total. The number of Topliss-reactive ketones (excluding diaryl/α,β-unsaturated/α-hetero) is 1. The van der Waals surface area contributed by atoms with Crippen molar-refractivity contribution in [2.45, 2.75) is 65.0 Å². The highest BCUT2D eigenvalue weighted by molar-refractivity contribution is 5.97. The van der Waals surface area contributed by atoms with Crippen molar-refractivity contribution in [1.82, 2.24) is 5.32 Å². The van der Waals surface area contributed by atoms with Gasteiger partial charge in [0, 0.05) is 61.6 Å². The molecule has 2 N–H and O–H groups in total. The highest BCUT2D eigenvalue weighted by Gasteiger charge is 2.33. The second-order valence-electron chi connectivity index (χ2n) is 10.4. The minimum Gasteiger partial charge on any atom is -0.378 e. The van der Waals surface area contributed by atoms with Gasteiger partial charge in [0.15, 0.2) is 0 Å². The van der Waals surface area contributed by atoms with Gasteiger partial charge in [-0.3, -0.25) is 9.59 Å². The van der Waals surface area contributed by atoms with Crippen LogP contribution in [0.5, 0.6) is 0 Å². The largest absolute Gasteiger partial charge is 0.378 e. The van der Waals surface area contributed by atoms with Gasteiger partial charge in [-0.25, -0.2) is 0 Å². The van der Waals surface area contributed by atoms with Crippen LogP contribution in [0, 0.1) is 0 Å². The number of nitrogens with one attached hydrogen (secondary N) is 2. The standard InChI is InChI=1S/C30H40N4O4/c1-21-19-28(32-25-9-11-26(12-10-25)33-15-17-38-18-16-33)27-20-24(8-13-29(27)34(21)23(3)36)30(37)31-14-6-4-5-7-22(2)35/h8-13,20-21,28,32H,4-7,14-19H2,1-3H3,(H,31,37). The van der Waals surface area contributed by atoms with Crippen LogP contribution < -0.4 is 20.4 Å². The molecule has 0 bridgehead atoms. The summed E-state index contributed by atoms with van der Waals surface area (Å²) in [5.41, 5.74) is 4.56. The van der Waals surface area contributed by atoms with Crippen LogP contribution in [0.4, 0.5) is 17.1 Å². The normalized spacial score (nSPS) is 19.0. The highest BCUT2D eigenvalue weighted by Crippen LogP contribution is 2.40. The van der Waals surface area contributed by atoms with E-state index in [1.54, 1.807) is 19.9 Å². The number of hydrogen-bond acceptors (Lipinski definition) is 6. The van der Waals surface area contributed by atoms with Crippen molar-refractivity contribution in [3.8, 4) is 0 Å². The molecule has 0 radical (unpaired) electrons. The summed E-state index contributed by atoms with van der Waals surface area (Å²) in [6, 6.07) is 14.0. The van der Waals surface area contributed by atoms with E-state index in [9.17, 15) is 14.4 Å². The quantitative estimate of drug-likeness (QED) is 0.442. The third kappa shape index (κ3) is 6.92. The second kappa shape index (κ2) is 12.9. The Labute approximate surface area is 225 Å². The van der Waals surface area contributed by atoms with Crippen molar-refractivity contribution >= 4 is 34.7 Å². The van der Waals surface area contributed by atoms with Gasteiger partial charge in [0.1, 0.15) is 5.78 Å². The Balaban J connectivity index is 1.47. The van der Waals surface area contributed by atoms with Crippen LogP contribution in [0.3, 0.4) is 0 Å². The number of hydrogen-bond donors (Lipinski definition) is 2. The monoisotopic (exact) mass is 520 g/mol. The van der Waals surface area contributed by atoms with E-state index in [4.69, 9.17) is 4.74 Å². The number of carbonyl (C=O) groups is 3. The molecule has 2 aliphatic rings. The number of unbranched alkanes of at least 4 members (excludes halogenated alkanes) is 2. The number of ether oxygens (including phenoxy) is 1. The van der Waals surface area contributed by atoms with Crippen molar-refractivity contribution in [2.75, 3.05) is 48.0 Å². The summed E-state index contributed by atoms with van der Waals surface area (Å²) in [5.74, 6) is 0.0732. The summed E-state index contributed by atoms with van der Waals surface area (Å²) >= 11 is 0. The minimum absolute atomic E-state index is 0.00479. The lowest BCUT2D eigenvalue weighted by atomic mass is 9.90. The third-order valence-electron chi connectivity index (χ3n) is 7.36. The summed E-state index contributed by atoms with van der Waals surface area (Å²) in [4.78, 5) is 40.7. The first-order valence-corrected chi connectivity index (χ1v) is 13.7. The summed E-state index contributed by atoms with van der Waals surface area (Å²) in [6.07, 6.45) is 3.92. The fraction of sp³-hybridized carbons (Fsp3) is 0.500. The van der Waals surface area contributed by atoms with E-state index in [1.165, 1.54) is 5.69 Å². The number of carbonyl (C=O) groups excluding carboxylic acids is 3. The van der Waals surface area contributed by atoms with Crippen molar-refractivity contribution in [2.24, 2.45) is 0 Å². The van der Waals surface area contributed by atoms with E-state index in [0.717, 1.165) is 68.9 Å². The molecule has 2 amide bonds. The van der Waals surface area contributed by atoms with Crippen LogP contribution in [0.1, 0.15) is 74.8 Å². The first kappa shape index (κ1) is 27.6. The second-order valence-corrected chi connectivity index (χ2v) is 10.4. The number of morpholine rings is 1. The van der Waals surface area contributed by atoms with Gasteiger partial charge >= 0.3 is 0 Å². The molecule has 2 aromatic carbocycles. The Bertz CT molecular complexity index is 1130. The number of ketones is 1. The molecule has 2 atom stereocenters. The van der Waals surface area contributed by atoms with E-state index in [0.29, 0.717) is 18.5 Å². The van der Waals surface area contributed by atoms with Gasteiger partial charge < -0.3 is 30.0 Å². The van der Waals surface area contributed by atoms with Crippen LogP contribution in [-0.4, -0.2) is 56.5 Å². The molecule has 4 rings (SSSR count). The molecule has 1 fully saturated rings. The zero-order valence-corrected chi connectivity index (χ0v) is 22.8. The van der Waals surface area contributed by atoms with Gasteiger partial charge in [0.25, 0.3) is 5.91 Å². The molecule has 1 saturated heterocycles. The number of anilines is 3. The Morgan fingerprint density at radius 1 is 0.974 bits per heavy atom. The molecule has 0 aromatic heterocycles. The van der Waals surface area contributed by atoms with Gasteiger partial charge in [-0.1, -0.05) is 6.42 Å². The first-order valence-electron chi connectivity index (χ1n) is 13.7. The van der Waals surface area contributed by atoms with Crippen LogP contribution in [0.2, 0.25) is 0 Å². The maximum Gasteiger partial charge on any atom is 0.251 e. The molecule has 204 valence electrons. The lowest BCUT2D eigenvalue weighted by molar-refractivity contribution is -0.118. The van der Waals surface area contributed by atoms with Gasteiger partial charge in [-0.15, -0.1) is 0 Å². The Morgan fingerprint density at radius 3 is 2.39 bits per heavy atom. The molecule has 2 unspecified atom stereocenters. The maximum absolute atomic E-state index is 12.9.